The lowest BCUT2D eigenvalue weighted by Crippen LogP contribution is -2.30. The van der Waals surface area contributed by atoms with Gasteiger partial charge in [-0.05, 0) is 25.5 Å². The van der Waals surface area contributed by atoms with Crippen molar-refractivity contribution in [2.24, 2.45) is 5.84 Å². The average Bonchev–Trinajstić information content (AvgIpc) is 2.32. The number of hydrazine groups is 1. The molecule has 94 valence electrons. The van der Waals surface area contributed by atoms with E-state index in [1.165, 1.54) is 5.56 Å². The molecule has 0 bridgehead atoms. The molecule has 0 aliphatic carbocycles. The van der Waals surface area contributed by atoms with Gasteiger partial charge in [-0.25, -0.2) is 5.84 Å². The molecule has 0 saturated heterocycles. The van der Waals surface area contributed by atoms with Crippen LogP contribution in [-0.2, 0) is 9.63 Å². The van der Waals surface area contributed by atoms with Gasteiger partial charge in [0.05, 0.1) is 6.42 Å². The largest absolute Gasteiger partial charge is 0.371 e. The van der Waals surface area contributed by atoms with Crippen molar-refractivity contribution in [2.45, 2.75) is 20.3 Å². The molecule has 0 aliphatic rings. The van der Waals surface area contributed by atoms with Gasteiger partial charge >= 0.3 is 5.97 Å². The summed E-state index contributed by atoms with van der Waals surface area (Å²) < 4.78 is 0. The third-order valence-corrected chi connectivity index (χ3v) is 2.60. The zero-order valence-electron chi connectivity index (χ0n) is 10.3. The van der Waals surface area contributed by atoms with E-state index in [1.54, 1.807) is 0 Å². The Morgan fingerprint density at radius 3 is 2.76 bits per heavy atom. The maximum atomic E-state index is 11.2. The Morgan fingerprint density at radius 2 is 2.18 bits per heavy atom. The number of nitrogens with one attached hydrogen (secondary N) is 1. The molecule has 5 heteroatoms. The summed E-state index contributed by atoms with van der Waals surface area (Å²) in [6.07, 6.45) is 0.298. The molecule has 0 aromatic heterocycles. The van der Waals surface area contributed by atoms with E-state index in [9.17, 15) is 4.79 Å². The quantitative estimate of drug-likeness (QED) is 0.573. The highest BCUT2D eigenvalue weighted by Crippen LogP contribution is 2.19. The van der Waals surface area contributed by atoms with Crippen molar-refractivity contribution in [1.82, 2.24) is 5.59 Å². The Hall–Kier alpha value is -1.59. The molecule has 1 aromatic rings. The number of hydrogen-bond acceptors (Lipinski definition) is 5. The number of para-hydroxylation sites is 1. The molecular formula is C12H19N3O2. The number of hydrogen-bond donors (Lipinski definition) is 2. The molecule has 0 unspecified atom stereocenters. The first-order chi connectivity index (χ1) is 8.19. The average molecular weight is 237 g/mol. The topological polar surface area (TPSA) is 67.6 Å². The number of carbonyl (C=O) groups excluding carboxylic acids is 1. The van der Waals surface area contributed by atoms with E-state index in [2.05, 4.69) is 29.7 Å². The van der Waals surface area contributed by atoms with Crippen LogP contribution >= 0.6 is 0 Å². The summed E-state index contributed by atoms with van der Waals surface area (Å²) >= 11 is 0. The highest BCUT2D eigenvalue weighted by Gasteiger charge is 2.10. The van der Waals surface area contributed by atoms with E-state index in [0.29, 0.717) is 13.0 Å². The fraction of sp³-hybridized carbons (Fsp3) is 0.417. The maximum absolute atomic E-state index is 11.2. The van der Waals surface area contributed by atoms with Crippen LogP contribution in [0.3, 0.4) is 0 Å². The molecule has 1 rings (SSSR count). The van der Waals surface area contributed by atoms with Gasteiger partial charge in [0.25, 0.3) is 0 Å². The summed E-state index contributed by atoms with van der Waals surface area (Å²) in [4.78, 5) is 17.8. The van der Waals surface area contributed by atoms with Crippen molar-refractivity contribution >= 4 is 11.7 Å². The molecule has 0 fully saturated rings. The SMILES string of the molecule is CCN(CCC(=O)ONN)c1ccccc1C. The molecule has 1 aromatic carbocycles. The van der Waals surface area contributed by atoms with Crippen molar-refractivity contribution in [3.63, 3.8) is 0 Å². The number of aryl methyl sites for hydroxylation is 1. The summed E-state index contributed by atoms with van der Waals surface area (Å²) in [5.74, 6) is 4.54. The molecule has 0 aliphatic heterocycles. The van der Waals surface area contributed by atoms with E-state index >= 15 is 0 Å². The molecule has 5 nitrogen and oxygen atoms in total. The van der Waals surface area contributed by atoms with Crippen LogP contribution in [0.5, 0.6) is 0 Å². The first-order valence-electron chi connectivity index (χ1n) is 5.65. The van der Waals surface area contributed by atoms with Crippen molar-refractivity contribution in [3.8, 4) is 0 Å². The molecule has 0 radical (unpaired) electrons. The Labute approximate surface area is 101 Å². The predicted molar refractivity (Wildman–Crippen MR) is 67.1 cm³/mol. The first kappa shape index (κ1) is 13.5. The lowest BCUT2D eigenvalue weighted by Gasteiger charge is -2.24. The molecule has 0 spiro atoms. The number of anilines is 1. The number of rotatable bonds is 6. The zero-order valence-corrected chi connectivity index (χ0v) is 10.3. The van der Waals surface area contributed by atoms with Crippen LogP contribution in [0.2, 0.25) is 0 Å². The second-order valence-electron chi connectivity index (χ2n) is 3.71. The van der Waals surface area contributed by atoms with Crippen molar-refractivity contribution in [1.29, 1.82) is 0 Å². The van der Waals surface area contributed by atoms with E-state index in [1.807, 2.05) is 23.8 Å². The molecule has 0 amide bonds. The molecule has 0 atom stereocenters. The lowest BCUT2D eigenvalue weighted by molar-refractivity contribution is -0.151. The van der Waals surface area contributed by atoms with Crippen molar-refractivity contribution < 1.29 is 9.63 Å². The molecule has 17 heavy (non-hydrogen) atoms. The normalized spacial score (nSPS) is 10.1. The van der Waals surface area contributed by atoms with Gasteiger partial charge in [0.2, 0.25) is 0 Å². The Balaban J connectivity index is 2.60. The smallest absolute Gasteiger partial charge is 0.328 e. The van der Waals surface area contributed by atoms with Crippen molar-refractivity contribution in [2.75, 3.05) is 18.0 Å². The Kier molecular flexibility index (Phi) is 5.45. The van der Waals surface area contributed by atoms with Crippen molar-refractivity contribution in [3.05, 3.63) is 29.8 Å². The second-order valence-corrected chi connectivity index (χ2v) is 3.71. The standard InChI is InChI=1S/C12H19N3O2/c1-3-15(9-8-12(16)17-14-13)11-7-5-4-6-10(11)2/h4-7,14H,3,8-9,13H2,1-2H3. The minimum absolute atomic E-state index is 0.298. The zero-order chi connectivity index (χ0) is 12.7. The summed E-state index contributed by atoms with van der Waals surface area (Å²) in [5.41, 5.74) is 4.23. The third-order valence-electron chi connectivity index (χ3n) is 2.60. The first-order valence-corrected chi connectivity index (χ1v) is 5.65. The summed E-state index contributed by atoms with van der Waals surface area (Å²) in [5, 5.41) is 0. The van der Waals surface area contributed by atoms with E-state index in [-0.39, 0.29) is 5.97 Å². The van der Waals surface area contributed by atoms with E-state index in [4.69, 9.17) is 5.84 Å². The molecular weight excluding hydrogens is 218 g/mol. The highest BCUT2D eigenvalue weighted by atomic mass is 16.7. The van der Waals surface area contributed by atoms with Crippen LogP contribution in [0.15, 0.2) is 24.3 Å². The van der Waals surface area contributed by atoms with Crippen LogP contribution in [0.1, 0.15) is 18.9 Å². The minimum atomic E-state index is -0.362. The number of nitrogens with two attached hydrogens (primary N) is 1. The van der Waals surface area contributed by atoms with Crippen LogP contribution in [0.25, 0.3) is 0 Å². The number of benzene rings is 1. The Morgan fingerprint density at radius 1 is 1.47 bits per heavy atom. The monoisotopic (exact) mass is 237 g/mol. The fourth-order valence-electron chi connectivity index (χ4n) is 1.71. The second kappa shape index (κ2) is 6.88. The molecule has 0 heterocycles. The van der Waals surface area contributed by atoms with E-state index < -0.39 is 0 Å². The molecule has 0 saturated carbocycles. The number of nitrogens with zero attached hydrogens (tertiary/aromatic N) is 1. The maximum Gasteiger partial charge on any atom is 0.328 e. The Bertz CT molecular complexity index is 369. The van der Waals surface area contributed by atoms with Gasteiger partial charge < -0.3 is 9.74 Å². The lowest BCUT2D eigenvalue weighted by atomic mass is 10.2. The molecule has 3 N–H and O–H groups in total. The van der Waals surface area contributed by atoms with Gasteiger partial charge in [-0.1, -0.05) is 23.8 Å². The van der Waals surface area contributed by atoms with E-state index in [0.717, 1.165) is 12.2 Å². The van der Waals surface area contributed by atoms with Crippen LogP contribution in [-0.4, -0.2) is 19.1 Å². The number of carbonyl (C=O) groups is 1. The van der Waals surface area contributed by atoms with Gasteiger partial charge in [-0.2, -0.15) is 0 Å². The summed E-state index contributed by atoms with van der Waals surface area (Å²) in [6, 6.07) is 8.09. The van der Waals surface area contributed by atoms with Crippen LogP contribution < -0.4 is 16.3 Å². The highest BCUT2D eigenvalue weighted by molar-refractivity contribution is 5.70. The van der Waals surface area contributed by atoms with Crippen LogP contribution in [0.4, 0.5) is 5.69 Å². The van der Waals surface area contributed by atoms with Gasteiger partial charge in [-0.15, -0.1) is 0 Å². The third kappa shape index (κ3) is 4.05. The minimum Gasteiger partial charge on any atom is -0.371 e. The van der Waals surface area contributed by atoms with Gasteiger partial charge in [0.15, 0.2) is 0 Å². The fourth-order valence-corrected chi connectivity index (χ4v) is 1.71. The van der Waals surface area contributed by atoms with Crippen LogP contribution in [0, 0.1) is 6.92 Å². The van der Waals surface area contributed by atoms with Gasteiger partial charge in [0.1, 0.15) is 0 Å². The van der Waals surface area contributed by atoms with Gasteiger partial charge in [-0.3, -0.25) is 4.79 Å². The summed E-state index contributed by atoms with van der Waals surface area (Å²) in [7, 11) is 0. The van der Waals surface area contributed by atoms with Gasteiger partial charge in [0, 0.05) is 18.8 Å². The predicted octanol–water partition coefficient (Wildman–Crippen LogP) is 1.13. The summed E-state index contributed by atoms with van der Waals surface area (Å²) in [6.45, 7) is 5.56.